The van der Waals surface area contributed by atoms with E-state index in [4.69, 9.17) is 5.26 Å². The second-order valence-corrected chi connectivity index (χ2v) is 9.94. The van der Waals surface area contributed by atoms with Crippen LogP contribution in [0.25, 0.3) is 10.4 Å². The van der Waals surface area contributed by atoms with Gasteiger partial charge in [0.1, 0.15) is 10.9 Å². The summed E-state index contributed by atoms with van der Waals surface area (Å²) < 4.78 is 28.4. The minimum Gasteiger partial charge on any atom is -0.302 e. The van der Waals surface area contributed by atoms with E-state index in [-0.39, 0.29) is 15.2 Å². The first-order valence-electron chi connectivity index (χ1n) is 8.08. The smallest absolute Gasteiger partial charge is 0.273 e. The molecule has 0 aliphatic carbocycles. The maximum Gasteiger partial charge on any atom is 0.273 e. The number of nitriles is 1. The maximum absolute atomic E-state index is 12.9. The number of thiazole rings is 1. The third kappa shape index (κ3) is 4.22. The van der Waals surface area contributed by atoms with Crippen molar-refractivity contribution in [2.45, 2.75) is 25.0 Å². The van der Waals surface area contributed by atoms with E-state index in [0.29, 0.717) is 16.3 Å². The minimum atomic E-state index is -3.87. The lowest BCUT2D eigenvalue weighted by Crippen LogP contribution is -2.13. The maximum atomic E-state index is 12.9. The zero-order chi connectivity index (χ0) is 20.5. The number of carbonyl (C=O) groups is 1. The molecule has 10 heteroatoms. The highest BCUT2D eigenvalue weighted by Crippen LogP contribution is 2.33. The fraction of sp³-hybridized carbons (Fsp3) is 0.167. The molecule has 1 aromatic carbocycles. The summed E-state index contributed by atoms with van der Waals surface area (Å²) in [5.41, 5.74) is 2.33. The van der Waals surface area contributed by atoms with Crippen LogP contribution in [0, 0.1) is 25.2 Å². The highest BCUT2D eigenvalue weighted by Gasteiger charge is 2.23. The van der Waals surface area contributed by atoms with E-state index in [1.165, 1.54) is 18.3 Å². The second-order valence-electron chi connectivity index (χ2n) is 5.98. The molecule has 3 rings (SSSR count). The van der Waals surface area contributed by atoms with E-state index in [0.717, 1.165) is 27.3 Å². The molecule has 0 spiro atoms. The van der Waals surface area contributed by atoms with Crippen molar-refractivity contribution in [1.29, 1.82) is 5.26 Å². The summed E-state index contributed by atoms with van der Waals surface area (Å²) >= 11 is 2.24. The quantitative estimate of drug-likeness (QED) is 0.630. The van der Waals surface area contributed by atoms with Crippen LogP contribution in [-0.2, 0) is 14.8 Å². The van der Waals surface area contributed by atoms with Crippen LogP contribution in [0.3, 0.4) is 0 Å². The summed E-state index contributed by atoms with van der Waals surface area (Å²) in [6, 6.07) is 11.1. The largest absolute Gasteiger partial charge is 0.302 e. The average molecular weight is 433 g/mol. The summed E-state index contributed by atoms with van der Waals surface area (Å²) in [5, 5.41) is 11.7. The van der Waals surface area contributed by atoms with Gasteiger partial charge in [-0.15, -0.1) is 11.3 Å². The van der Waals surface area contributed by atoms with Crippen LogP contribution in [0.1, 0.15) is 23.1 Å². The Bertz CT molecular complexity index is 1200. The van der Waals surface area contributed by atoms with E-state index < -0.39 is 10.0 Å². The molecule has 0 fully saturated rings. The van der Waals surface area contributed by atoms with E-state index in [1.807, 2.05) is 18.2 Å². The Kier molecular flexibility index (Phi) is 5.51. The molecule has 0 aliphatic rings. The molecular formula is C18H16N4O3S3. The van der Waals surface area contributed by atoms with Gasteiger partial charge in [0.05, 0.1) is 11.4 Å². The summed E-state index contributed by atoms with van der Waals surface area (Å²) in [5.74, 6) is -0.318. The number of carbonyl (C=O) groups excluding carboxylic acids is 1. The number of amides is 1. The monoisotopic (exact) mass is 432 g/mol. The Balaban J connectivity index is 1.94. The summed E-state index contributed by atoms with van der Waals surface area (Å²) in [4.78, 5) is 16.7. The molecule has 0 radical (unpaired) electrons. The van der Waals surface area contributed by atoms with Gasteiger partial charge in [0.25, 0.3) is 10.0 Å². The summed E-state index contributed by atoms with van der Waals surface area (Å²) in [7, 11) is -3.87. The van der Waals surface area contributed by atoms with Crippen molar-refractivity contribution in [2.75, 3.05) is 10.0 Å². The molecule has 2 aromatic heterocycles. The zero-order valence-electron chi connectivity index (χ0n) is 15.2. The molecule has 0 saturated carbocycles. The first-order valence-corrected chi connectivity index (χ1v) is 11.2. The first kappa shape index (κ1) is 20.0. The molecule has 0 saturated heterocycles. The number of anilines is 2. The molecule has 0 atom stereocenters. The van der Waals surface area contributed by atoms with Gasteiger partial charge in [0, 0.05) is 11.8 Å². The Morgan fingerprint density at radius 3 is 2.57 bits per heavy atom. The minimum absolute atomic E-state index is 0.0453. The van der Waals surface area contributed by atoms with Gasteiger partial charge in [-0.25, -0.2) is 13.4 Å². The molecule has 0 aliphatic heterocycles. The SMILES string of the molecule is CC(=O)Nc1nc(C)c(S(=O)(=O)Nc2cc(-c3ccc(C#N)s3)ccc2C)s1. The first-order chi connectivity index (χ1) is 13.2. The molecular weight excluding hydrogens is 416 g/mol. The highest BCUT2D eigenvalue weighted by atomic mass is 32.2. The molecule has 0 unspecified atom stereocenters. The van der Waals surface area contributed by atoms with Gasteiger partial charge in [-0.3, -0.25) is 9.52 Å². The Morgan fingerprint density at radius 2 is 1.93 bits per heavy atom. The molecule has 28 heavy (non-hydrogen) atoms. The number of aromatic nitrogens is 1. The molecule has 2 N–H and O–H groups in total. The van der Waals surface area contributed by atoms with Gasteiger partial charge in [-0.2, -0.15) is 5.26 Å². The van der Waals surface area contributed by atoms with Crippen LogP contribution in [0.2, 0.25) is 0 Å². The lowest BCUT2D eigenvalue weighted by atomic mass is 10.1. The standard InChI is InChI=1S/C18H16N4O3S3/c1-10-4-5-13(16-7-6-14(9-19)26-16)8-15(10)22-28(24,25)17-11(2)20-18(27-17)21-12(3)23/h4-8,22H,1-3H3,(H,20,21,23). The Morgan fingerprint density at radius 1 is 1.18 bits per heavy atom. The lowest BCUT2D eigenvalue weighted by Gasteiger charge is -2.11. The number of aryl methyl sites for hydroxylation is 2. The van der Waals surface area contributed by atoms with Crippen molar-refractivity contribution in [1.82, 2.24) is 4.98 Å². The zero-order valence-corrected chi connectivity index (χ0v) is 17.7. The predicted molar refractivity (Wildman–Crippen MR) is 111 cm³/mol. The third-order valence-electron chi connectivity index (χ3n) is 3.76. The van der Waals surface area contributed by atoms with Crippen molar-refractivity contribution in [3.63, 3.8) is 0 Å². The number of rotatable bonds is 5. The van der Waals surface area contributed by atoms with E-state index in [9.17, 15) is 13.2 Å². The number of nitrogens with one attached hydrogen (secondary N) is 2. The molecule has 2 heterocycles. The number of hydrogen-bond acceptors (Lipinski definition) is 7. The summed E-state index contributed by atoms with van der Waals surface area (Å²) in [6.45, 7) is 4.72. The van der Waals surface area contributed by atoms with Crippen LogP contribution in [0.15, 0.2) is 34.5 Å². The average Bonchev–Trinajstić information content (AvgIpc) is 3.23. The topological polar surface area (TPSA) is 112 Å². The van der Waals surface area contributed by atoms with Gasteiger partial charge in [-0.05, 0) is 43.2 Å². The van der Waals surface area contributed by atoms with Gasteiger partial charge in [-0.1, -0.05) is 23.5 Å². The molecule has 1 amide bonds. The number of thiophene rings is 1. The van der Waals surface area contributed by atoms with Crippen molar-refractivity contribution in [2.24, 2.45) is 0 Å². The van der Waals surface area contributed by atoms with E-state index >= 15 is 0 Å². The van der Waals surface area contributed by atoms with Crippen LogP contribution in [0.5, 0.6) is 0 Å². The van der Waals surface area contributed by atoms with Crippen molar-refractivity contribution in [3.05, 3.63) is 46.5 Å². The number of sulfonamides is 1. The van der Waals surface area contributed by atoms with Crippen molar-refractivity contribution < 1.29 is 13.2 Å². The molecule has 3 aromatic rings. The summed E-state index contributed by atoms with van der Waals surface area (Å²) in [6.07, 6.45) is 0. The van der Waals surface area contributed by atoms with Crippen LogP contribution < -0.4 is 10.0 Å². The second kappa shape index (κ2) is 7.71. The lowest BCUT2D eigenvalue weighted by molar-refractivity contribution is -0.114. The fourth-order valence-corrected chi connectivity index (χ4v) is 5.85. The van der Waals surface area contributed by atoms with E-state index in [2.05, 4.69) is 21.1 Å². The van der Waals surface area contributed by atoms with Gasteiger partial charge >= 0.3 is 0 Å². The van der Waals surface area contributed by atoms with Gasteiger partial charge in [0.15, 0.2) is 9.34 Å². The Hall–Kier alpha value is -2.74. The Labute approximate surface area is 170 Å². The van der Waals surface area contributed by atoms with Crippen LogP contribution in [0.4, 0.5) is 10.8 Å². The number of benzene rings is 1. The number of nitrogens with zero attached hydrogens (tertiary/aromatic N) is 2. The molecule has 144 valence electrons. The normalized spacial score (nSPS) is 11.1. The predicted octanol–water partition coefficient (Wildman–Crippen LogP) is 4.12. The van der Waals surface area contributed by atoms with Crippen LogP contribution in [-0.4, -0.2) is 19.3 Å². The number of hydrogen-bond donors (Lipinski definition) is 2. The fourth-order valence-electron chi connectivity index (χ4n) is 2.47. The molecule has 7 nitrogen and oxygen atoms in total. The van der Waals surface area contributed by atoms with Crippen LogP contribution >= 0.6 is 22.7 Å². The highest BCUT2D eigenvalue weighted by molar-refractivity contribution is 7.94. The van der Waals surface area contributed by atoms with Gasteiger partial charge in [0.2, 0.25) is 5.91 Å². The third-order valence-corrected chi connectivity index (χ3v) is 7.85. The van der Waals surface area contributed by atoms with Gasteiger partial charge < -0.3 is 5.32 Å². The van der Waals surface area contributed by atoms with Crippen molar-refractivity contribution >= 4 is 49.4 Å². The molecule has 0 bridgehead atoms. The van der Waals surface area contributed by atoms with E-state index in [1.54, 1.807) is 26.0 Å². The van der Waals surface area contributed by atoms with Crippen molar-refractivity contribution in [3.8, 4) is 16.5 Å².